The monoisotopic (exact) mass is 838 g/mol. The zero-order valence-corrected chi connectivity index (χ0v) is 32.4. The first-order valence-electron chi connectivity index (χ1n) is 16.8. The molecular formula is C42H35IN2O7S. The first-order valence-corrected chi connectivity index (χ1v) is 18.7. The predicted molar refractivity (Wildman–Crippen MR) is 215 cm³/mol. The summed E-state index contributed by atoms with van der Waals surface area (Å²) in [6, 6.07) is 32.1. The summed E-state index contributed by atoms with van der Waals surface area (Å²) in [6.45, 7) is 2.25. The number of benzene rings is 5. The van der Waals surface area contributed by atoms with Crippen molar-refractivity contribution in [3.05, 3.63) is 154 Å². The van der Waals surface area contributed by atoms with E-state index in [9.17, 15) is 9.59 Å². The Morgan fingerprint density at radius 1 is 0.868 bits per heavy atom. The van der Waals surface area contributed by atoms with Gasteiger partial charge in [0.15, 0.2) is 27.8 Å². The van der Waals surface area contributed by atoms with Crippen LogP contribution in [0.25, 0.3) is 22.5 Å². The average molecular weight is 839 g/mol. The maximum Gasteiger partial charge on any atom is 0.338 e. The van der Waals surface area contributed by atoms with Gasteiger partial charge in [-0.15, -0.1) is 0 Å². The molecule has 1 atom stereocenters. The molecule has 0 amide bonds. The highest BCUT2D eigenvalue weighted by molar-refractivity contribution is 14.1. The minimum Gasteiger partial charge on any atom is -0.493 e. The van der Waals surface area contributed by atoms with E-state index in [1.807, 2.05) is 72.8 Å². The van der Waals surface area contributed by atoms with Crippen LogP contribution in [0.5, 0.6) is 23.0 Å². The van der Waals surface area contributed by atoms with Gasteiger partial charge >= 0.3 is 5.97 Å². The summed E-state index contributed by atoms with van der Waals surface area (Å²) in [5, 5.41) is 2.27. The number of hydrogen-bond acceptors (Lipinski definition) is 9. The van der Waals surface area contributed by atoms with Crippen molar-refractivity contribution in [3.63, 3.8) is 0 Å². The van der Waals surface area contributed by atoms with Gasteiger partial charge in [-0.05, 0) is 87.3 Å². The highest BCUT2D eigenvalue weighted by Crippen LogP contribution is 2.39. The fraction of sp³-hybridized carbons (Fsp3) is 0.167. The van der Waals surface area contributed by atoms with Crippen LogP contribution in [0, 0.1) is 3.57 Å². The quantitative estimate of drug-likeness (QED) is 0.0999. The second-order valence-corrected chi connectivity index (χ2v) is 14.2. The highest BCUT2D eigenvalue weighted by Gasteiger charge is 2.35. The largest absolute Gasteiger partial charge is 0.493 e. The molecule has 11 heteroatoms. The molecule has 0 saturated heterocycles. The molecule has 0 aliphatic carbocycles. The third-order valence-electron chi connectivity index (χ3n) is 8.90. The Kier molecular flexibility index (Phi) is 10.6. The van der Waals surface area contributed by atoms with Gasteiger partial charge in [0, 0.05) is 5.56 Å². The van der Waals surface area contributed by atoms with E-state index in [4.69, 9.17) is 28.7 Å². The zero-order chi connectivity index (χ0) is 37.1. The van der Waals surface area contributed by atoms with E-state index in [1.165, 1.54) is 11.3 Å². The number of carbonyl (C=O) groups excluding carboxylic acids is 1. The molecule has 2 heterocycles. The van der Waals surface area contributed by atoms with E-state index < -0.39 is 12.0 Å². The van der Waals surface area contributed by atoms with Gasteiger partial charge in [0.2, 0.25) is 0 Å². The third-order valence-corrected chi connectivity index (χ3v) is 10.7. The molecule has 0 spiro atoms. The van der Waals surface area contributed by atoms with Crippen LogP contribution < -0.4 is 33.8 Å². The van der Waals surface area contributed by atoms with Gasteiger partial charge in [-0.1, -0.05) is 90.2 Å². The minimum atomic E-state index is -0.873. The molecule has 0 fully saturated rings. The summed E-state index contributed by atoms with van der Waals surface area (Å²) < 4.78 is 31.7. The molecule has 268 valence electrons. The Bertz CT molecular complexity index is 2560. The fourth-order valence-corrected chi connectivity index (χ4v) is 8.24. The number of fused-ring (bicyclic) bond motifs is 2. The molecule has 0 saturated carbocycles. The highest BCUT2D eigenvalue weighted by atomic mass is 127. The lowest BCUT2D eigenvalue weighted by Gasteiger charge is -2.26. The van der Waals surface area contributed by atoms with Gasteiger partial charge in [0.05, 0.1) is 53.4 Å². The molecular weight excluding hydrogens is 803 g/mol. The number of rotatable bonds is 11. The summed E-state index contributed by atoms with van der Waals surface area (Å²) in [5.41, 5.74) is 3.51. The van der Waals surface area contributed by atoms with Crippen LogP contribution >= 0.6 is 33.9 Å². The van der Waals surface area contributed by atoms with E-state index in [0.29, 0.717) is 50.2 Å². The summed E-state index contributed by atoms with van der Waals surface area (Å²) >= 11 is 3.47. The number of carbonyl (C=O) groups is 1. The third kappa shape index (κ3) is 7.06. The number of halogens is 1. The Morgan fingerprint density at radius 2 is 1.60 bits per heavy atom. The molecule has 9 nitrogen and oxygen atoms in total. The number of hydrogen-bond donors (Lipinski definition) is 0. The van der Waals surface area contributed by atoms with Crippen molar-refractivity contribution in [2.45, 2.75) is 19.6 Å². The summed E-state index contributed by atoms with van der Waals surface area (Å²) in [4.78, 5) is 33.8. The lowest BCUT2D eigenvalue weighted by atomic mass is 9.93. The van der Waals surface area contributed by atoms with Crippen molar-refractivity contribution in [3.8, 4) is 23.0 Å². The minimum absolute atomic E-state index is 0.148. The van der Waals surface area contributed by atoms with E-state index in [-0.39, 0.29) is 17.7 Å². The lowest BCUT2D eigenvalue weighted by Crippen LogP contribution is -2.40. The smallest absolute Gasteiger partial charge is 0.338 e. The van der Waals surface area contributed by atoms with Crippen LogP contribution in [0.1, 0.15) is 35.2 Å². The number of methoxy groups -OCH3 is 3. The SMILES string of the molecule is CCOC(=O)C1=C(c2ccccc2)N=c2s/c(=C\c3cc(I)c(OCc4cccc5ccccc45)c(OC)c3)c(=O)n2[C@@H]1c1ccc(OC)c(OC)c1. The van der Waals surface area contributed by atoms with E-state index in [0.717, 1.165) is 31.0 Å². The van der Waals surface area contributed by atoms with Crippen molar-refractivity contribution < 1.29 is 28.5 Å². The lowest BCUT2D eigenvalue weighted by molar-refractivity contribution is -0.138. The van der Waals surface area contributed by atoms with Crippen LogP contribution in [-0.2, 0) is 16.1 Å². The van der Waals surface area contributed by atoms with Gasteiger partial charge < -0.3 is 23.7 Å². The first kappa shape index (κ1) is 36.0. The van der Waals surface area contributed by atoms with Crippen molar-refractivity contribution in [2.75, 3.05) is 27.9 Å². The van der Waals surface area contributed by atoms with Gasteiger partial charge in [-0.2, -0.15) is 0 Å². The molecule has 1 aliphatic rings. The van der Waals surface area contributed by atoms with E-state index >= 15 is 0 Å². The molecule has 0 N–H and O–H groups in total. The Balaban J connectivity index is 1.35. The zero-order valence-electron chi connectivity index (χ0n) is 29.4. The molecule has 53 heavy (non-hydrogen) atoms. The summed E-state index contributed by atoms with van der Waals surface area (Å²) in [7, 11) is 4.69. The normalized spacial score (nSPS) is 14.1. The van der Waals surface area contributed by atoms with Gasteiger partial charge in [0.25, 0.3) is 5.56 Å². The van der Waals surface area contributed by atoms with Gasteiger partial charge in [0.1, 0.15) is 6.61 Å². The first-order chi connectivity index (χ1) is 25.8. The number of thiazole rings is 1. The molecule has 7 rings (SSSR count). The molecule has 0 unspecified atom stereocenters. The van der Waals surface area contributed by atoms with Crippen LogP contribution in [0.4, 0.5) is 0 Å². The van der Waals surface area contributed by atoms with Gasteiger partial charge in [-0.25, -0.2) is 9.79 Å². The Labute approximate surface area is 323 Å². The molecule has 1 aromatic heterocycles. The number of aromatic nitrogens is 1. The maximum absolute atomic E-state index is 14.5. The molecule has 1 aliphatic heterocycles. The van der Waals surface area contributed by atoms with Gasteiger partial charge in [-0.3, -0.25) is 9.36 Å². The van der Waals surface area contributed by atoms with E-state index in [2.05, 4.69) is 46.9 Å². The predicted octanol–water partition coefficient (Wildman–Crippen LogP) is 7.30. The molecule has 6 aromatic rings. The Morgan fingerprint density at radius 3 is 2.36 bits per heavy atom. The van der Waals surface area contributed by atoms with Crippen LogP contribution in [0.15, 0.2) is 118 Å². The molecule has 0 bridgehead atoms. The number of ether oxygens (including phenoxy) is 5. The molecule has 0 radical (unpaired) electrons. The Hall–Kier alpha value is -5.40. The van der Waals surface area contributed by atoms with Crippen molar-refractivity contribution in [1.29, 1.82) is 0 Å². The standard InChI is InChI=1S/C42H35IN2O7S/c1-5-51-41(47)36-37(27-13-7-6-8-14-27)44-42-45(38(36)28-18-19-32(48-2)33(23-28)49-3)40(46)35(53-42)22-25-20-31(43)39(34(21-25)50-4)52-24-29-16-11-15-26-12-9-10-17-30(26)29/h6-23,38H,5,24H2,1-4H3/b35-22-/t38-/m1/s1. The fourth-order valence-electron chi connectivity index (χ4n) is 6.46. The van der Waals surface area contributed by atoms with Crippen molar-refractivity contribution in [2.24, 2.45) is 4.99 Å². The topological polar surface area (TPSA) is 97.6 Å². The van der Waals surface area contributed by atoms with Crippen LogP contribution in [-0.4, -0.2) is 38.5 Å². The van der Waals surface area contributed by atoms with Crippen LogP contribution in [0.2, 0.25) is 0 Å². The van der Waals surface area contributed by atoms with E-state index in [1.54, 1.807) is 45.0 Å². The second-order valence-electron chi connectivity index (χ2n) is 12.0. The summed E-state index contributed by atoms with van der Waals surface area (Å²) in [5.74, 6) is 1.55. The van der Waals surface area contributed by atoms with Crippen molar-refractivity contribution in [1.82, 2.24) is 4.57 Å². The maximum atomic E-state index is 14.5. The molecule has 5 aromatic carbocycles. The second kappa shape index (κ2) is 15.7. The average Bonchev–Trinajstić information content (AvgIpc) is 3.50. The van der Waals surface area contributed by atoms with Crippen molar-refractivity contribution >= 4 is 62.4 Å². The van der Waals surface area contributed by atoms with Crippen LogP contribution in [0.3, 0.4) is 0 Å². The number of nitrogens with zero attached hydrogens (tertiary/aromatic N) is 2. The number of esters is 1. The summed E-state index contributed by atoms with van der Waals surface area (Å²) in [6.07, 6.45) is 1.81.